The molecule has 1 saturated heterocycles. The molecular formula is C14H18F2N2O4S. The summed E-state index contributed by atoms with van der Waals surface area (Å²) in [5.41, 5.74) is 0. The number of rotatable bonds is 4. The van der Waals surface area contributed by atoms with Crippen LogP contribution in [0, 0.1) is 17.6 Å². The summed E-state index contributed by atoms with van der Waals surface area (Å²) in [6.45, 7) is 0.964. The smallest absolute Gasteiger partial charge is 0.409 e. The van der Waals surface area contributed by atoms with Gasteiger partial charge in [0.1, 0.15) is 11.6 Å². The lowest BCUT2D eigenvalue weighted by Crippen LogP contribution is -2.41. The number of piperidine rings is 1. The number of likely N-dealkylation sites (tertiary alicyclic amines) is 1. The number of methoxy groups -OCH3 is 1. The van der Waals surface area contributed by atoms with Gasteiger partial charge in [0.05, 0.1) is 7.11 Å². The molecule has 0 aliphatic carbocycles. The molecule has 0 unspecified atom stereocenters. The average molecular weight is 348 g/mol. The summed E-state index contributed by atoms with van der Waals surface area (Å²) < 4.78 is 58.1. The second kappa shape index (κ2) is 7.22. The van der Waals surface area contributed by atoms with Gasteiger partial charge in [-0.1, -0.05) is 6.07 Å². The molecule has 0 spiro atoms. The number of benzene rings is 1. The Morgan fingerprint density at radius 1 is 1.30 bits per heavy atom. The highest BCUT2D eigenvalue weighted by Crippen LogP contribution is 2.20. The molecule has 1 aliphatic rings. The van der Waals surface area contributed by atoms with E-state index in [1.54, 1.807) is 0 Å². The van der Waals surface area contributed by atoms with Crippen molar-refractivity contribution in [3.8, 4) is 0 Å². The van der Waals surface area contributed by atoms with Gasteiger partial charge in [0.2, 0.25) is 10.0 Å². The molecule has 1 N–H and O–H groups in total. The number of ether oxygens (including phenoxy) is 1. The molecule has 0 atom stereocenters. The fraction of sp³-hybridized carbons (Fsp3) is 0.500. The molecule has 1 heterocycles. The van der Waals surface area contributed by atoms with E-state index in [0.717, 1.165) is 18.2 Å². The molecule has 0 radical (unpaired) electrons. The maximum atomic E-state index is 13.6. The summed E-state index contributed by atoms with van der Waals surface area (Å²) >= 11 is 0. The summed E-state index contributed by atoms with van der Waals surface area (Å²) in [6, 6.07) is 2.89. The van der Waals surface area contributed by atoms with Gasteiger partial charge in [-0.3, -0.25) is 0 Å². The number of nitrogens with zero attached hydrogens (tertiary/aromatic N) is 1. The van der Waals surface area contributed by atoms with Crippen LogP contribution in [-0.2, 0) is 14.8 Å². The Hall–Kier alpha value is -1.74. The maximum absolute atomic E-state index is 13.6. The van der Waals surface area contributed by atoms with Crippen molar-refractivity contribution in [2.75, 3.05) is 26.7 Å². The van der Waals surface area contributed by atoms with E-state index in [1.807, 2.05) is 0 Å². The van der Waals surface area contributed by atoms with Crippen molar-refractivity contribution in [1.82, 2.24) is 9.62 Å². The Morgan fingerprint density at radius 2 is 1.87 bits per heavy atom. The molecule has 1 aromatic carbocycles. The van der Waals surface area contributed by atoms with Crippen LogP contribution >= 0.6 is 0 Å². The minimum atomic E-state index is -4.26. The van der Waals surface area contributed by atoms with Crippen molar-refractivity contribution >= 4 is 16.1 Å². The number of carbonyl (C=O) groups is 1. The lowest BCUT2D eigenvalue weighted by atomic mass is 9.97. The molecule has 1 aliphatic heterocycles. The molecule has 1 aromatic rings. The van der Waals surface area contributed by atoms with E-state index in [-0.39, 0.29) is 12.5 Å². The van der Waals surface area contributed by atoms with Crippen molar-refractivity contribution < 1.29 is 26.7 Å². The van der Waals surface area contributed by atoms with E-state index in [1.165, 1.54) is 12.0 Å². The summed E-state index contributed by atoms with van der Waals surface area (Å²) in [6.07, 6.45) is 0.742. The molecule has 23 heavy (non-hydrogen) atoms. The fourth-order valence-electron chi connectivity index (χ4n) is 2.49. The zero-order valence-electron chi connectivity index (χ0n) is 12.6. The minimum Gasteiger partial charge on any atom is -0.453 e. The zero-order chi connectivity index (χ0) is 17.0. The Morgan fingerprint density at radius 3 is 2.39 bits per heavy atom. The third kappa shape index (κ3) is 4.17. The van der Waals surface area contributed by atoms with Crippen molar-refractivity contribution in [2.24, 2.45) is 5.92 Å². The summed E-state index contributed by atoms with van der Waals surface area (Å²) in [7, 11) is -2.96. The number of halogens is 2. The second-order valence-corrected chi connectivity index (χ2v) is 7.01. The number of sulfonamides is 1. The Balaban J connectivity index is 1.95. The molecular weight excluding hydrogens is 330 g/mol. The van der Waals surface area contributed by atoms with Gasteiger partial charge in [0.25, 0.3) is 0 Å². The van der Waals surface area contributed by atoms with Crippen molar-refractivity contribution in [2.45, 2.75) is 17.7 Å². The van der Waals surface area contributed by atoms with Crippen LogP contribution in [-0.4, -0.2) is 46.2 Å². The predicted octanol–water partition coefficient (Wildman–Crippen LogP) is 1.72. The molecule has 9 heteroatoms. The van der Waals surface area contributed by atoms with Crippen molar-refractivity contribution in [3.63, 3.8) is 0 Å². The number of carbonyl (C=O) groups excluding carboxylic acids is 1. The van der Waals surface area contributed by atoms with E-state index in [0.29, 0.717) is 25.9 Å². The third-order valence-electron chi connectivity index (χ3n) is 3.80. The fourth-order valence-corrected chi connectivity index (χ4v) is 3.74. The van der Waals surface area contributed by atoms with E-state index < -0.39 is 32.6 Å². The first-order valence-corrected chi connectivity index (χ1v) is 8.60. The van der Waals surface area contributed by atoms with Gasteiger partial charge in [0.15, 0.2) is 4.90 Å². The highest BCUT2D eigenvalue weighted by molar-refractivity contribution is 7.89. The molecule has 1 fully saturated rings. The van der Waals surface area contributed by atoms with Crippen LogP contribution in [0.1, 0.15) is 12.8 Å². The number of hydrogen-bond donors (Lipinski definition) is 1. The molecule has 6 nitrogen and oxygen atoms in total. The Bertz CT molecular complexity index is 653. The maximum Gasteiger partial charge on any atom is 0.409 e. The standard InChI is InChI=1S/C14H18F2N2O4S/c1-22-14(19)18-7-5-10(6-8-18)9-17-23(20,21)13-11(15)3-2-4-12(13)16/h2-4,10,17H,5-9H2,1H3. The normalized spacial score (nSPS) is 16.4. The second-order valence-electron chi connectivity index (χ2n) is 5.30. The summed E-state index contributed by atoms with van der Waals surface area (Å²) in [5, 5.41) is 0. The van der Waals surface area contributed by atoms with Crippen LogP contribution in [0.15, 0.2) is 23.1 Å². The van der Waals surface area contributed by atoms with Gasteiger partial charge in [-0.15, -0.1) is 0 Å². The SMILES string of the molecule is COC(=O)N1CCC(CNS(=O)(=O)c2c(F)cccc2F)CC1. The minimum absolute atomic E-state index is 0.0134. The van der Waals surface area contributed by atoms with Gasteiger partial charge >= 0.3 is 6.09 Å². The van der Waals surface area contributed by atoms with Crippen LogP contribution in [0.3, 0.4) is 0 Å². The third-order valence-corrected chi connectivity index (χ3v) is 5.27. The Labute approximate surface area is 133 Å². The predicted molar refractivity (Wildman–Crippen MR) is 78.2 cm³/mol. The van der Waals surface area contributed by atoms with Gasteiger partial charge < -0.3 is 9.64 Å². The quantitative estimate of drug-likeness (QED) is 0.899. The van der Waals surface area contributed by atoms with Gasteiger partial charge in [-0.05, 0) is 30.9 Å². The number of nitrogens with one attached hydrogen (secondary N) is 1. The molecule has 2 rings (SSSR count). The average Bonchev–Trinajstić information content (AvgIpc) is 2.52. The zero-order valence-corrected chi connectivity index (χ0v) is 13.4. The van der Waals surface area contributed by atoms with E-state index in [2.05, 4.69) is 9.46 Å². The molecule has 0 bridgehead atoms. The molecule has 1 amide bonds. The van der Waals surface area contributed by atoms with Crippen molar-refractivity contribution in [3.05, 3.63) is 29.8 Å². The molecule has 0 saturated carbocycles. The van der Waals surface area contributed by atoms with Gasteiger partial charge in [0, 0.05) is 19.6 Å². The lowest BCUT2D eigenvalue weighted by Gasteiger charge is -2.30. The van der Waals surface area contributed by atoms with E-state index in [4.69, 9.17) is 0 Å². The molecule has 128 valence electrons. The largest absolute Gasteiger partial charge is 0.453 e. The summed E-state index contributed by atoms with van der Waals surface area (Å²) in [4.78, 5) is 11.9. The van der Waals surface area contributed by atoms with E-state index in [9.17, 15) is 22.0 Å². The first-order valence-electron chi connectivity index (χ1n) is 7.11. The van der Waals surface area contributed by atoms with Crippen LogP contribution in [0.5, 0.6) is 0 Å². The van der Waals surface area contributed by atoms with Crippen LogP contribution in [0.4, 0.5) is 13.6 Å². The highest BCUT2D eigenvalue weighted by atomic mass is 32.2. The van der Waals surface area contributed by atoms with Crippen LogP contribution in [0.25, 0.3) is 0 Å². The van der Waals surface area contributed by atoms with Crippen LogP contribution < -0.4 is 4.72 Å². The van der Waals surface area contributed by atoms with Crippen molar-refractivity contribution in [1.29, 1.82) is 0 Å². The van der Waals surface area contributed by atoms with Crippen LogP contribution in [0.2, 0.25) is 0 Å². The number of amides is 1. The lowest BCUT2D eigenvalue weighted by molar-refractivity contribution is 0.106. The first kappa shape index (κ1) is 17.6. The monoisotopic (exact) mass is 348 g/mol. The highest BCUT2D eigenvalue weighted by Gasteiger charge is 2.27. The van der Waals surface area contributed by atoms with E-state index >= 15 is 0 Å². The van der Waals surface area contributed by atoms with Gasteiger partial charge in [-0.2, -0.15) is 0 Å². The Kier molecular flexibility index (Phi) is 5.53. The summed E-state index contributed by atoms with van der Waals surface area (Å²) in [5.74, 6) is -2.27. The number of hydrogen-bond acceptors (Lipinski definition) is 4. The first-order chi connectivity index (χ1) is 10.8. The van der Waals surface area contributed by atoms with Gasteiger partial charge in [-0.25, -0.2) is 26.7 Å². The topological polar surface area (TPSA) is 75.7 Å². The molecule has 0 aromatic heterocycles.